The third-order valence-corrected chi connectivity index (χ3v) is 6.28. The SMILES string of the molecule is CNc1ncc(C#Cc2cc(OCCCOc3cccc(Cl)n3)c(C)cn2)c2cc(NC(=O)C3CC3)ncc12. The number of amides is 1. The molecule has 1 aliphatic carbocycles. The third-order valence-electron chi connectivity index (χ3n) is 6.07. The third kappa shape index (κ3) is 6.72. The Balaban J connectivity index is 1.29. The summed E-state index contributed by atoms with van der Waals surface area (Å²) in [5, 5.41) is 8.02. The first kappa shape index (κ1) is 26.2. The Hall–Kier alpha value is -4.42. The number of halogens is 1. The molecule has 1 saturated carbocycles. The van der Waals surface area contributed by atoms with E-state index >= 15 is 0 Å². The number of ether oxygens (including phenoxy) is 2. The molecule has 198 valence electrons. The van der Waals surface area contributed by atoms with Crippen molar-refractivity contribution in [2.45, 2.75) is 26.2 Å². The number of rotatable bonds is 9. The molecule has 1 amide bonds. The minimum Gasteiger partial charge on any atom is -0.493 e. The smallest absolute Gasteiger partial charge is 0.228 e. The second-order valence-electron chi connectivity index (χ2n) is 9.08. The number of anilines is 2. The van der Waals surface area contributed by atoms with Crippen molar-refractivity contribution in [1.82, 2.24) is 19.9 Å². The molecule has 0 aliphatic heterocycles. The first-order chi connectivity index (χ1) is 19.0. The number of nitrogens with one attached hydrogen (secondary N) is 2. The van der Waals surface area contributed by atoms with E-state index in [-0.39, 0.29) is 11.8 Å². The van der Waals surface area contributed by atoms with E-state index in [2.05, 4.69) is 42.4 Å². The number of pyridine rings is 4. The molecule has 0 atom stereocenters. The molecule has 2 N–H and O–H groups in total. The van der Waals surface area contributed by atoms with Crippen molar-refractivity contribution in [1.29, 1.82) is 0 Å². The van der Waals surface area contributed by atoms with Crippen molar-refractivity contribution < 1.29 is 14.3 Å². The standard InChI is InChI=1S/C29H27ClN6O3/c1-18-15-32-21(13-24(18)38-11-4-12-39-27-6-3-5-25(30)35-27)10-9-20-16-34-28(31-2)23-17-33-26(14-22(20)23)36-29(37)19-7-8-19/h3,5-6,13-17,19H,4,7-8,11-12H2,1-2H3,(H,31,34)(H,33,36,37). The van der Waals surface area contributed by atoms with Gasteiger partial charge in [0.25, 0.3) is 0 Å². The van der Waals surface area contributed by atoms with Crippen molar-refractivity contribution in [3.63, 3.8) is 0 Å². The van der Waals surface area contributed by atoms with Crippen LogP contribution in [-0.2, 0) is 4.79 Å². The molecule has 0 unspecified atom stereocenters. The van der Waals surface area contributed by atoms with Crippen LogP contribution in [-0.4, -0.2) is 46.1 Å². The van der Waals surface area contributed by atoms with Crippen LogP contribution in [0.25, 0.3) is 10.8 Å². The van der Waals surface area contributed by atoms with E-state index in [0.717, 1.165) is 29.2 Å². The maximum atomic E-state index is 12.2. The van der Waals surface area contributed by atoms with Gasteiger partial charge in [0.15, 0.2) is 0 Å². The maximum Gasteiger partial charge on any atom is 0.228 e. The van der Waals surface area contributed by atoms with Crippen LogP contribution in [0.4, 0.5) is 11.6 Å². The molecule has 0 aromatic carbocycles. The van der Waals surface area contributed by atoms with Gasteiger partial charge in [0.05, 0.1) is 18.8 Å². The lowest BCUT2D eigenvalue weighted by atomic mass is 10.1. The van der Waals surface area contributed by atoms with Gasteiger partial charge in [-0.2, -0.15) is 0 Å². The van der Waals surface area contributed by atoms with E-state index < -0.39 is 0 Å². The summed E-state index contributed by atoms with van der Waals surface area (Å²) in [5.74, 6) is 8.76. The van der Waals surface area contributed by atoms with Gasteiger partial charge in [-0.05, 0) is 37.8 Å². The van der Waals surface area contributed by atoms with E-state index in [9.17, 15) is 4.79 Å². The zero-order valence-electron chi connectivity index (χ0n) is 21.6. The molecular weight excluding hydrogens is 516 g/mol. The highest BCUT2D eigenvalue weighted by molar-refractivity contribution is 6.29. The molecule has 0 spiro atoms. The van der Waals surface area contributed by atoms with Gasteiger partial charge >= 0.3 is 0 Å². The van der Waals surface area contributed by atoms with Crippen LogP contribution in [0, 0.1) is 24.7 Å². The summed E-state index contributed by atoms with van der Waals surface area (Å²) in [6.45, 7) is 2.84. The van der Waals surface area contributed by atoms with E-state index in [1.54, 1.807) is 43.8 Å². The molecule has 0 saturated heterocycles. The summed E-state index contributed by atoms with van der Waals surface area (Å²) in [7, 11) is 1.80. The van der Waals surface area contributed by atoms with Gasteiger partial charge < -0.3 is 20.1 Å². The number of fused-ring (bicyclic) bond motifs is 1. The fourth-order valence-electron chi connectivity index (χ4n) is 3.82. The Morgan fingerprint density at radius 2 is 1.90 bits per heavy atom. The topological polar surface area (TPSA) is 111 Å². The number of carbonyl (C=O) groups excluding carboxylic acids is 1. The number of hydrogen-bond acceptors (Lipinski definition) is 8. The van der Waals surface area contributed by atoms with Gasteiger partial charge in [0.1, 0.15) is 28.2 Å². The van der Waals surface area contributed by atoms with E-state index in [1.165, 1.54) is 0 Å². The largest absolute Gasteiger partial charge is 0.493 e. The lowest BCUT2D eigenvalue weighted by Gasteiger charge is -2.10. The van der Waals surface area contributed by atoms with Crippen LogP contribution in [0.15, 0.2) is 48.9 Å². The summed E-state index contributed by atoms with van der Waals surface area (Å²) >= 11 is 5.88. The minimum atomic E-state index is 0.00135. The van der Waals surface area contributed by atoms with Crippen LogP contribution < -0.4 is 20.1 Å². The quantitative estimate of drug-likeness (QED) is 0.172. The Labute approximate surface area is 231 Å². The second kappa shape index (κ2) is 12.0. The number of aromatic nitrogens is 4. The Kier molecular flexibility index (Phi) is 8.04. The normalized spacial score (nSPS) is 12.4. The highest BCUT2D eigenvalue weighted by Crippen LogP contribution is 2.31. The van der Waals surface area contributed by atoms with Gasteiger partial charge in [0, 0.05) is 66.4 Å². The molecule has 9 nitrogen and oxygen atoms in total. The molecule has 1 aliphatic rings. The summed E-state index contributed by atoms with van der Waals surface area (Å²) in [6, 6.07) is 8.91. The lowest BCUT2D eigenvalue weighted by molar-refractivity contribution is -0.117. The van der Waals surface area contributed by atoms with Crippen LogP contribution in [0.1, 0.15) is 36.1 Å². The molecule has 4 aromatic heterocycles. The van der Waals surface area contributed by atoms with E-state index in [0.29, 0.717) is 59.3 Å². The summed E-state index contributed by atoms with van der Waals surface area (Å²) in [4.78, 5) is 29.7. The zero-order valence-corrected chi connectivity index (χ0v) is 22.4. The Bertz CT molecular complexity index is 1580. The van der Waals surface area contributed by atoms with Gasteiger partial charge in [0.2, 0.25) is 11.8 Å². The van der Waals surface area contributed by atoms with Crippen LogP contribution in [0.5, 0.6) is 11.6 Å². The highest BCUT2D eigenvalue weighted by Gasteiger charge is 2.29. The summed E-state index contributed by atoms with van der Waals surface area (Å²) in [5.41, 5.74) is 2.17. The molecule has 39 heavy (non-hydrogen) atoms. The van der Waals surface area contributed by atoms with E-state index in [1.807, 2.05) is 19.1 Å². The highest BCUT2D eigenvalue weighted by atomic mass is 35.5. The number of aryl methyl sites for hydroxylation is 1. The predicted molar refractivity (Wildman–Crippen MR) is 150 cm³/mol. The van der Waals surface area contributed by atoms with Gasteiger partial charge in [-0.1, -0.05) is 23.6 Å². The monoisotopic (exact) mass is 542 g/mol. The molecule has 4 heterocycles. The molecule has 1 fully saturated rings. The average Bonchev–Trinajstić information content (AvgIpc) is 3.79. The van der Waals surface area contributed by atoms with Gasteiger partial charge in [-0.15, -0.1) is 0 Å². The van der Waals surface area contributed by atoms with Crippen LogP contribution in [0.3, 0.4) is 0 Å². The zero-order chi connectivity index (χ0) is 27.2. The molecule has 0 bridgehead atoms. The van der Waals surface area contributed by atoms with Crippen molar-refractivity contribution in [3.8, 4) is 23.5 Å². The van der Waals surface area contributed by atoms with Gasteiger partial charge in [-0.25, -0.2) is 19.9 Å². The number of hydrogen-bond donors (Lipinski definition) is 2. The predicted octanol–water partition coefficient (Wildman–Crippen LogP) is 5.02. The molecule has 10 heteroatoms. The molecule has 5 rings (SSSR count). The number of carbonyl (C=O) groups is 1. The molecular formula is C29H27ClN6O3. The number of nitrogens with zero attached hydrogens (tertiary/aromatic N) is 4. The van der Waals surface area contributed by atoms with Crippen molar-refractivity contribution in [3.05, 3.63) is 70.9 Å². The molecule has 4 aromatic rings. The maximum absolute atomic E-state index is 12.2. The van der Waals surface area contributed by atoms with Crippen molar-refractivity contribution >= 4 is 39.9 Å². The Morgan fingerprint density at radius 1 is 1.05 bits per heavy atom. The van der Waals surface area contributed by atoms with Crippen LogP contribution in [0.2, 0.25) is 5.15 Å². The fourth-order valence-corrected chi connectivity index (χ4v) is 3.98. The van der Waals surface area contributed by atoms with E-state index in [4.69, 9.17) is 21.1 Å². The second-order valence-corrected chi connectivity index (χ2v) is 9.47. The summed E-state index contributed by atoms with van der Waals surface area (Å²) < 4.78 is 11.6. The average molecular weight is 543 g/mol. The fraction of sp³-hybridized carbons (Fsp3) is 0.276. The minimum absolute atomic E-state index is 0.00135. The first-order valence-corrected chi connectivity index (χ1v) is 13.0. The van der Waals surface area contributed by atoms with Crippen molar-refractivity contribution in [2.24, 2.45) is 5.92 Å². The van der Waals surface area contributed by atoms with Gasteiger partial charge in [-0.3, -0.25) is 4.79 Å². The first-order valence-electron chi connectivity index (χ1n) is 12.6. The summed E-state index contributed by atoms with van der Waals surface area (Å²) in [6.07, 6.45) is 7.65. The lowest BCUT2D eigenvalue weighted by Crippen LogP contribution is -2.14. The Morgan fingerprint density at radius 3 is 2.69 bits per heavy atom. The molecule has 0 radical (unpaired) electrons. The van der Waals surface area contributed by atoms with Crippen molar-refractivity contribution in [2.75, 3.05) is 30.9 Å². The van der Waals surface area contributed by atoms with Crippen LogP contribution >= 0.6 is 11.6 Å².